The molecule has 0 bridgehead atoms. The maximum absolute atomic E-state index is 12.2. The van der Waals surface area contributed by atoms with Gasteiger partial charge in [-0.25, -0.2) is 0 Å². The van der Waals surface area contributed by atoms with Crippen molar-refractivity contribution in [3.8, 4) is 11.8 Å². The Balaban J connectivity index is 2.36. The highest BCUT2D eigenvalue weighted by Crippen LogP contribution is 2.32. The Morgan fingerprint density at radius 1 is 1.00 bits per heavy atom. The number of esters is 1. The summed E-state index contributed by atoms with van der Waals surface area (Å²) in [4.78, 5) is 14.7. The molecule has 30 heavy (non-hydrogen) atoms. The SMILES string of the molecule is CC(C)C(=O)Oc1ccc(C#N)cc1CCC(c1ccccc1)N(C(C)C)C(C)C. The van der Waals surface area contributed by atoms with Gasteiger partial charge in [-0.15, -0.1) is 0 Å². The molecule has 2 rings (SSSR count). The van der Waals surface area contributed by atoms with Crippen LogP contribution in [0.5, 0.6) is 5.75 Å². The number of rotatable bonds is 9. The summed E-state index contributed by atoms with van der Waals surface area (Å²) in [5.74, 6) is 0.0923. The van der Waals surface area contributed by atoms with E-state index >= 15 is 0 Å². The van der Waals surface area contributed by atoms with Crippen LogP contribution in [0.3, 0.4) is 0 Å². The van der Waals surface area contributed by atoms with E-state index < -0.39 is 0 Å². The van der Waals surface area contributed by atoms with E-state index in [-0.39, 0.29) is 17.9 Å². The molecule has 0 aromatic heterocycles. The Hall–Kier alpha value is -2.64. The Kier molecular flexibility index (Phi) is 8.62. The fourth-order valence-electron chi connectivity index (χ4n) is 3.94. The second-order valence-electron chi connectivity index (χ2n) is 8.61. The number of nitriles is 1. The van der Waals surface area contributed by atoms with Gasteiger partial charge in [-0.05, 0) is 69.9 Å². The third-order valence-electron chi connectivity index (χ3n) is 5.30. The number of ether oxygens (including phenoxy) is 1. The van der Waals surface area contributed by atoms with Crippen LogP contribution in [0.15, 0.2) is 48.5 Å². The van der Waals surface area contributed by atoms with Gasteiger partial charge in [0.05, 0.1) is 17.6 Å². The molecule has 4 nitrogen and oxygen atoms in total. The summed E-state index contributed by atoms with van der Waals surface area (Å²) in [6.07, 6.45) is 1.58. The maximum atomic E-state index is 12.2. The molecule has 0 fully saturated rings. The van der Waals surface area contributed by atoms with Crippen LogP contribution in [0.25, 0.3) is 0 Å². The molecule has 160 valence electrons. The lowest BCUT2D eigenvalue weighted by Crippen LogP contribution is -2.40. The molecule has 0 saturated carbocycles. The quantitative estimate of drug-likeness (QED) is 0.383. The van der Waals surface area contributed by atoms with Crippen LogP contribution in [-0.2, 0) is 11.2 Å². The minimum Gasteiger partial charge on any atom is -0.426 e. The molecule has 0 amide bonds. The van der Waals surface area contributed by atoms with Gasteiger partial charge < -0.3 is 4.74 Å². The summed E-state index contributed by atoms with van der Waals surface area (Å²) in [5.41, 5.74) is 2.75. The van der Waals surface area contributed by atoms with Crippen molar-refractivity contribution in [3.05, 3.63) is 65.2 Å². The zero-order valence-corrected chi connectivity index (χ0v) is 19.1. The molecule has 0 aliphatic carbocycles. The second-order valence-corrected chi connectivity index (χ2v) is 8.61. The molecule has 4 heteroatoms. The molecule has 1 unspecified atom stereocenters. The molecule has 0 aliphatic heterocycles. The first kappa shape index (κ1) is 23.6. The molecule has 0 radical (unpaired) electrons. The summed E-state index contributed by atoms with van der Waals surface area (Å²) in [5, 5.41) is 9.35. The summed E-state index contributed by atoms with van der Waals surface area (Å²) in [7, 11) is 0. The zero-order chi connectivity index (χ0) is 22.3. The summed E-state index contributed by atoms with van der Waals surface area (Å²) in [6, 6.07) is 19.0. The minimum absolute atomic E-state index is 0.206. The van der Waals surface area contributed by atoms with Crippen molar-refractivity contribution < 1.29 is 9.53 Å². The molecule has 2 aromatic rings. The summed E-state index contributed by atoms with van der Waals surface area (Å²) >= 11 is 0. The average Bonchev–Trinajstić information content (AvgIpc) is 2.71. The standard InChI is InChI=1S/C26H34N2O2/c1-18(2)26(29)30-25-15-12-21(17-27)16-23(25)13-14-24(22-10-8-7-9-11-22)28(19(3)4)20(5)6/h7-12,15-16,18-20,24H,13-14H2,1-6H3. The lowest BCUT2D eigenvalue weighted by Gasteiger charge is -2.39. The third-order valence-corrected chi connectivity index (χ3v) is 5.30. The molecular weight excluding hydrogens is 372 g/mol. The first-order chi connectivity index (χ1) is 14.2. The van der Waals surface area contributed by atoms with Gasteiger partial charge in [-0.1, -0.05) is 44.2 Å². The number of carbonyl (C=O) groups excluding carboxylic acids is 1. The van der Waals surface area contributed by atoms with Crippen LogP contribution in [0.2, 0.25) is 0 Å². The van der Waals surface area contributed by atoms with Crippen molar-refractivity contribution in [3.63, 3.8) is 0 Å². The van der Waals surface area contributed by atoms with E-state index in [0.717, 1.165) is 12.0 Å². The van der Waals surface area contributed by atoms with Crippen LogP contribution in [0, 0.1) is 17.2 Å². The molecular formula is C26H34N2O2. The Bertz CT molecular complexity index is 858. The van der Waals surface area contributed by atoms with Crippen molar-refractivity contribution >= 4 is 5.97 Å². The number of aryl methyl sites for hydroxylation is 1. The predicted molar refractivity (Wildman–Crippen MR) is 121 cm³/mol. The molecule has 1 atom stereocenters. The Morgan fingerprint density at radius 2 is 1.63 bits per heavy atom. The monoisotopic (exact) mass is 406 g/mol. The minimum atomic E-state index is -0.258. The van der Waals surface area contributed by atoms with Crippen LogP contribution in [0.4, 0.5) is 0 Å². The van der Waals surface area contributed by atoms with Crippen LogP contribution in [-0.4, -0.2) is 23.0 Å². The fourth-order valence-corrected chi connectivity index (χ4v) is 3.94. The molecule has 0 N–H and O–H groups in total. The van der Waals surface area contributed by atoms with Crippen LogP contribution < -0.4 is 4.74 Å². The van der Waals surface area contributed by atoms with Crippen molar-refractivity contribution in [1.29, 1.82) is 5.26 Å². The molecule has 0 heterocycles. The fraction of sp³-hybridized carbons (Fsp3) is 0.462. The van der Waals surface area contributed by atoms with Gasteiger partial charge in [0.15, 0.2) is 0 Å². The van der Waals surface area contributed by atoms with Gasteiger partial charge in [0.2, 0.25) is 0 Å². The third kappa shape index (κ3) is 6.18. The molecule has 2 aromatic carbocycles. The van der Waals surface area contributed by atoms with Gasteiger partial charge in [-0.2, -0.15) is 5.26 Å². The van der Waals surface area contributed by atoms with Crippen molar-refractivity contribution in [2.24, 2.45) is 5.92 Å². The van der Waals surface area contributed by atoms with Crippen molar-refractivity contribution in [2.45, 2.75) is 72.5 Å². The Labute approximate surface area is 181 Å². The van der Waals surface area contributed by atoms with Gasteiger partial charge in [-0.3, -0.25) is 9.69 Å². The van der Waals surface area contributed by atoms with E-state index in [1.807, 2.05) is 26.0 Å². The van der Waals surface area contributed by atoms with Crippen molar-refractivity contribution in [1.82, 2.24) is 4.90 Å². The molecule has 0 saturated heterocycles. The molecule has 0 spiro atoms. The van der Waals surface area contributed by atoms with Crippen LogP contribution >= 0.6 is 0 Å². The topological polar surface area (TPSA) is 53.3 Å². The van der Waals surface area contributed by atoms with Gasteiger partial charge in [0.1, 0.15) is 5.75 Å². The molecule has 0 aliphatic rings. The van der Waals surface area contributed by atoms with E-state index in [0.29, 0.717) is 29.8 Å². The highest BCUT2D eigenvalue weighted by molar-refractivity contribution is 5.74. The van der Waals surface area contributed by atoms with Gasteiger partial charge in [0, 0.05) is 18.1 Å². The predicted octanol–water partition coefficient (Wildman–Crippen LogP) is 5.91. The van der Waals surface area contributed by atoms with E-state index in [2.05, 4.69) is 62.9 Å². The van der Waals surface area contributed by atoms with E-state index in [9.17, 15) is 10.1 Å². The lowest BCUT2D eigenvalue weighted by atomic mass is 9.94. The van der Waals surface area contributed by atoms with Gasteiger partial charge in [0.25, 0.3) is 0 Å². The van der Waals surface area contributed by atoms with Crippen LogP contribution in [0.1, 0.15) is 70.7 Å². The first-order valence-corrected chi connectivity index (χ1v) is 10.8. The first-order valence-electron chi connectivity index (χ1n) is 10.8. The highest BCUT2D eigenvalue weighted by atomic mass is 16.5. The summed E-state index contributed by atoms with van der Waals surface area (Å²) < 4.78 is 5.64. The second kappa shape index (κ2) is 10.9. The average molecular weight is 407 g/mol. The smallest absolute Gasteiger partial charge is 0.313 e. The number of carbonyl (C=O) groups is 1. The lowest BCUT2D eigenvalue weighted by molar-refractivity contribution is -0.137. The van der Waals surface area contributed by atoms with E-state index in [4.69, 9.17) is 4.74 Å². The summed E-state index contributed by atoms with van der Waals surface area (Å²) in [6.45, 7) is 12.5. The number of hydrogen-bond acceptors (Lipinski definition) is 4. The number of nitrogens with zero attached hydrogens (tertiary/aromatic N) is 2. The van der Waals surface area contributed by atoms with E-state index in [1.54, 1.807) is 12.1 Å². The maximum Gasteiger partial charge on any atom is 0.313 e. The largest absolute Gasteiger partial charge is 0.426 e. The zero-order valence-electron chi connectivity index (χ0n) is 19.1. The highest BCUT2D eigenvalue weighted by Gasteiger charge is 2.26. The Morgan fingerprint density at radius 3 is 2.17 bits per heavy atom. The van der Waals surface area contributed by atoms with Crippen molar-refractivity contribution in [2.75, 3.05) is 0 Å². The van der Waals surface area contributed by atoms with Gasteiger partial charge >= 0.3 is 5.97 Å². The van der Waals surface area contributed by atoms with E-state index in [1.165, 1.54) is 5.56 Å². The normalized spacial score (nSPS) is 12.4. The number of hydrogen-bond donors (Lipinski definition) is 0. The number of benzene rings is 2.